The van der Waals surface area contributed by atoms with Crippen LogP contribution in [0.2, 0.25) is 0 Å². The summed E-state index contributed by atoms with van der Waals surface area (Å²) in [7, 11) is 3.86. The van der Waals surface area contributed by atoms with Crippen molar-refractivity contribution in [3.05, 3.63) is 66.6 Å². The zero-order valence-electron chi connectivity index (χ0n) is 13.5. The Balaban J connectivity index is 1.71. The van der Waals surface area contributed by atoms with Gasteiger partial charge in [0.05, 0.1) is 17.4 Å². The molecular formula is C18H17N5O. The van der Waals surface area contributed by atoms with Crippen LogP contribution in [0.25, 0.3) is 11.4 Å². The molecule has 0 bridgehead atoms. The van der Waals surface area contributed by atoms with Crippen LogP contribution in [0.4, 0.5) is 11.5 Å². The van der Waals surface area contributed by atoms with E-state index in [1.807, 2.05) is 55.4 Å². The summed E-state index contributed by atoms with van der Waals surface area (Å²) in [6.45, 7) is 0. The molecule has 0 fully saturated rings. The van der Waals surface area contributed by atoms with Crippen LogP contribution in [-0.4, -0.2) is 35.0 Å². The molecule has 120 valence electrons. The Bertz CT molecular complexity index is 814. The summed E-state index contributed by atoms with van der Waals surface area (Å²) in [5.41, 5.74) is 2.25. The summed E-state index contributed by atoms with van der Waals surface area (Å²) in [6, 6.07) is 13.3. The van der Waals surface area contributed by atoms with Crippen molar-refractivity contribution in [2.45, 2.75) is 0 Å². The summed E-state index contributed by atoms with van der Waals surface area (Å²) in [5.74, 6) is 0.776. The Morgan fingerprint density at radius 2 is 1.62 bits per heavy atom. The molecular weight excluding hydrogens is 302 g/mol. The lowest BCUT2D eigenvalue weighted by Crippen LogP contribution is -2.14. The van der Waals surface area contributed by atoms with E-state index in [4.69, 9.17) is 0 Å². The second-order valence-electron chi connectivity index (χ2n) is 5.41. The summed E-state index contributed by atoms with van der Waals surface area (Å²) in [5, 5.41) is 2.74. The van der Waals surface area contributed by atoms with Gasteiger partial charge in [0.1, 0.15) is 5.82 Å². The average molecular weight is 319 g/mol. The number of carbonyl (C=O) groups is 1. The van der Waals surface area contributed by atoms with E-state index < -0.39 is 0 Å². The monoisotopic (exact) mass is 319 g/mol. The van der Waals surface area contributed by atoms with Gasteiger partial charge in [-0.2, -0.15) is 0 Å². The zero-order valence-corrected chi connectivity index (χ0v) is 13.5. The maximum atomic E-state index is 12.2. The number of pyridine rings is 1. The maximum absolute atomic E-state index is 12.2. The van der Waals surface area contributed by atoms with E-state index in [1.54, 1.807) is 12.3 Å². The number of rotatable bonds is 4. The molecule has 0 spiro atoms. The third kappa shape index (κ3) is 3.55. The van der Waals surface area contributed by atoms with Crippen LogP contribution in [0.5, 0.6) is 0 Å². The van der Waals surface area contributed by atoms with E-state index in [0.717, 1.165) is 11.3 Å². The van der Waals surface area contributed by atoms with E-state index in [0.29, 0.717) is 17.2 Å². The van der Waals surface area contributed by atoms with Crippen molar-refractivity contribution < 1.29 is 4.79 Å². The Labute approximate surface area is 140 Å². The van der Waals surface area contributed by atoms with Gasteiger partial charge in [-0.1, -0.05) is 30.3 Å². The predicted octanol–water partition coefficient (Wildman–Crippen LogP) is 2.86. The molecule has 0 aliphatic heterocycles. The number of aromatic nitrogens is 3. The standard InChI is InChI=1S/C18H17N5O/c1-23(2)15-8-9-16(19-12-15)22-18(24)14-10-20-17(21-11-14)13-6-4-3-5-7-13/h3-12H,1-2H3,(H,19,22,24). The maximum Gasteiger partial charge on any atom is 0.259 e. The lowest BCUT2D eigenvalue weighted by atomic mass is 10.2. The highest BCUT2D eigenvalue weighted by atomic mass is 16.1. The molecule has 2 heterocycles. The minimum absolute atomic E-state index is 0.292. The number of anilines is 2. The molecule has 2 aromatic heterocycles. The first-order chi connectivity index (χ1) is 11.6. The second kappa shape index (κ2) is 6.87. The van der Waals surface area contributed by atoms with Crippen LogP contribution in [0.1, 0.15) is 10.4 Å². The highest BCUT2D eigenvalue weighted by molar-refractivity contribution is 6.03. The molecule has 0 saturated heterocycles. The molecule has 0 unspecified atom stereocenters. The second-order valence-corrected chi connectivity index (χ2v) is 5.41. The van der Waals surface area contributed by atoms with Gasteiger partial charge < -0.3 is 10.2 Å². The Kier molecular flexibility index (Phi) is 4.47. The summed E-state index contributed by atoms with van der Waals surface area (Å²) >= 11 is 0. The minimum Gasteiger partial charge on any atom is -0.376 e. The molecule has 0 aliphatic rings. The van der Waals surface area contributed by atoms with Crippen LogP contribution in [0.3, 0.4) is 0 Å². The van der Waals surface area contributed by atoms with Gasteiger partial charge >= 0.3 is 0 Å². The number of amides is 1. The molecule has 1 aromatic carbocycles. The van der Waals surface area contributed by atoms with Gasteiger partial charge in [0.2, 0.25) is 0 Å². The first kappa shape index (κ1) is 15.6. The molecule has 6 nitrogen and oxygen atoms in total. The van der Waals surface area contributed by atoms with E-state index in [9.17, 15) is 4.79 Å². The van der Waals surface area contributed by atoms with E-state index in [-0.39, 0.29) is 5.91 Å². The lowest BCUT2D eigenvalue weighted by molar-refractivity contribution is 0.102. The first-order valence-corrected chi connectivity index (χ1v) is 7.45. The van der Waals surface area contributed by atoms with Crippen LogP contribution in [0, 0.1) is 0 Å². The van der Waals surface area contributed by atoms with Crippen LogP contribution >= 0.6 is 0 Å². The first-order valence-electron chi connectivity index (χ1n) is 7.45. The topological polar surface area (TPSA) is 71.0 Å². The zero-order chi connectivity index (χ0) is 16.9. The lowest BCUT2D eigenvalue weighted by Gasteiger charge is -2.12. The molecule has 1 amide bonds. The van der Waals surface area contributed by atoms with Crippen LogP contribution in [0.15, 0.2) is 61.1 Å². The molecule has 24 heavy (non-hydrogen) atoms. The van der Waals surface area contributed by atoms with Gasteiger partial charge in [0.25, 0.3) is 5.91 Å². The summed E-state index contributed by atoms with van der Waals surface area (Å²) in [4.78, 5) is 26.9. The van der Waals surface area contributed by atoms with Gasteiger partial charge in [-0.15, -0.1) is 0 Å². The number of benzene rings is 1. The van der Waals surface area contributed by atoms with Crippen LogP contribution < -0.4 is 10.2 Å². The summed E-state index contributed by atoms with van der Waals surface area (Å²) in [6.07, 6.45) is 4.72. The molecule has 6 heteroatoms. The number of nitrogens with zero attached hydrogens (tertiary/aromatic N) is 4. The van der Waals surface area contributed by atoms with Crippen LogP contribution in [-0.2, 0) is 0 Å². The van der Waals surface area contributed by atoms with Gasteiger partial charge in [0.15, 0.2) is 5.82 Å². The van der Waals surface area contributed by atoms with Gasteiger partial charge in [-0.05, 0) is 12.1 Å². The highest BCUT2D eigenvalue weighted by Gasteiger charge is 2.09. The van der Waals surface area contributed by atoms with Crippen molar-refractivity contribution in [1.29, 1.82) is 0 Å². The molecule has 1 N–H and O–H groups in total. The quantitative estimate of drug-likeness (QED) is 0.800. The fourth-order valence-electron chi connectivity index (χ4n) is 2.09. The van der Waals surface area contributed by atoms with E-state index in [2.05, 4.69) is 20.3 Å². The molecule has 3 aromatic rings. The smallest absolute Gasteiger partial charge is 0.259 e. The van der Waals surface area contributed by atoms with E-state index in [1.165, 1.54) is 12.4 Å². The number of hydrogen-bond acceptors (Lipinski definition) is 5. The number of carbonyl (C=O) groups excluding carboxylic acids is 1. The fraction of sp³-hybridized carbons (Fsp3) is 0.111. The van der Waals surface area contributed by atoms with Crippen molar-refractivity contribution in [3.63, 3.8) is 0 Å². The van der Waals surface area contributed by atoms with Crippen molar-refractivity contribution in [1.82, 2.24) is 15.0 Å². The minimum atomic E-state index is -0.292. The highest BCUT2D eigenvalue weighted by Crippen LogP contribution is 2.15. The molecule has 0 radical (unpaired) electrons. The summed E-state index contributed by atoms with van der Waals surface area (Å²) < 4.78 is 0. The van der Waals surface area contributed by atoms with Gasteiger partial charge in [0, 0.05) is 32.1 Å². The molecule has 0 aliphatic carbocycles. The SMILES string of the molecule is CN(C)c1ccc(NC(=O)c2cnc(-c3ccccc3)nc2)nc1. The Morgan fingerprint density at radius 3 is 2.21 bits per heavy atom. The van der Waals surface area contributed by atoms with Crippen molar-refractivity contribution >= 4 is 17.4 Å². The van der Waals surface area contributed by atoms with Gasteiger partial charge in [-0.25, -0.2) is 15.0 Å². The normalized spacial score (nSPS) is 10.2. The Hall–Kier alpha value is -3.28. The van der Waals surface area contributed by atoms with Crippen molar-refractivity contribution in [2.75, 3.05) is 24.3 Å². The Morgan fingerprint density at radius 1 is 0.917 bits per heavy atom. The predicted molar refractivity (Wildman–Crippen MR) is 94.0 cm³/mol. The third-order valence-corrected chi connectivity index (χ3v) is 3.45. The molecule has 0 atom stereocenters. The largest absolute Gasteiger partial charge is 0.376 e. The van der Waals surface area contributed by atoms with Crippen molar-refractivity contribution in [2.24, 2.45) is 0 Å². The molecule has 3 rings (SSSR count). The molecule has 0 saturated carbocycles. The van der Waals surface area contributed by atoms with E-state index >= 15 is 0 Å². The van der Waals surface area contributed by atoms with Gasteiger partial charge in [-0.3, -0.25) is 4.79 Å². The number of nitrogens with one attached hydrogen (secondary N) is 1. The third-order valence-electron chi connectivity index (χ3n) is 3.45. The average Bonchev–Trinajstić information content (AvgIpc) is 2.63. The number of hydrogen-bond donors (Lipinski definition) is 1. The van der Waals surface area contributed by atoms with Crippen molar-refractivity contribution in [3.8, 4) is 11.4 Å². The fourth-order valence-corrected chi connectivity index (χ4v) is 2.09.